The average Bonchev–Trinajstić information content (AvgIpc) is 3.56. The Kier molecular flexibility index (Phi) is 10.5. The second-order valence-electron chi connectivity index (χ2n) is 11.1. The zero-order valence-corrected chi connectivity index (χ0v) is 26.3. The van der Waals surface area contributed by atoms with Crippen molar-refractivity contribution in [2.75, 3.05) is 10.8 Å². The lowest BCUT2D eigenvalue weighted by Gasteiger charge is -2.34. The third-order valence-electron chi connectivity index (χ3n) is 8.00. The van der Waals surface area contributed by atoms with E-state index in [1.165, 1.54) is 29.2 Å². The van der Waals surface area contributed by atoms with Gasteiger partial charge in [-0.05, 0) is 66.4 Å². The number of anilines is 1. The van der Waals surface area contributed by atoms with E-state index in [-0.39, 0.29) is 35.5 Å². The van der Waals surface area contributed by atoms with Gasteiger partial charge in [-0.25, -0.2) is 12.8 Å². The Hall–Kier alpha value is -4.21. The van der Waals surface area contributed by atoms with E-state index in [4.69, 9.17) is 11.6 Å². The number of hydrogen-bond acceptors (Lipinski definition) is 4. The minimum Gasteiger partial charge on any atom is -0.352 e. The summed E-state index contributed by atoms with van der Waals surface area (Å²) in [7, 11) is -4.26. The first kappa shape index (κ1) is 32.2. The molecule has 1 saturated carbocycles. The van der Waals surface area contributed by atoms with Crippen LogP contribution in [-0.2, 0) is 32.6 Å². The van der Waals surface area contributed by atoms with Gasteiger partial charge < -0.3 is 10.2 Å². The van der Waals surface area contributed by atoms with Crippen LogP contribution in [0.4, 0.5) is 10.1 Å². The predicted octanol–water partition coefficient (Wildman–Crippen LogP) is 6.37. The molecule has 0 bridgehead atoms. The van der Waals surface area contributed by atoms with Gasteiger partial charge in [0.05, 0.1) is 10.6 Å². The molecule has 10 heteroatoms. The van der Waals surface area contributed by atoms with Crippen molar-refractivity contribution in [1.29, 1.82) is 0 Å². The molecule has 45 heavy (non-hydrogen) atoms. The van der Waals surface area contributed by atoms with E-state index in [2.05, 4.69) is 5.32 Å². The Bertz CT molecular complexity index is 1700. The summed E-state index contributed by atoms with van der Waals surface area (Å²) in [6.45, 7) is -0.661. The van der Waals surface area contributed by atoms with Crippen molar-refractivity contribution in [3.63, 3.8) is 0 Å². The lowest BCUT2D eigenvalue weighted by molar-refractivity contribution is -0.140. The lowest BCUT2D eigenvalue weighted by atomic mass is 10.0. The molecule has 1 aliphatic carbocycles. The van der Waals surface area contributed by atoms with Crippen molar-refractivity contribution in [3.05, 3.63) is 131 Å². The summed E-state index contributed by atoms with van der Waals surface area (Å²) in [6, 6.07) is 28.1. The molecule has 0 unspecified atom stereocenters. The highest BCUT2D eigenvalue weighted by molar-refractivity contribution is 7.92. The van der Waals surface area contributed by atoms with Gasteiger partial charge in [-0.1, -0.05) is 91.2 Å². The summed E-state index contributed by atoms with van der Waals surface area (Å²) < 4.78 is 42.8. The van der Waals surface area contributed by atoms with Crippen LogP contribution >= 0.6 is 11.6 Å². The van der Waals surface area contributed by atoms with Crippen molar-refractivity contribution in [3.8, 4) is 0 Å². The average molecular weight is 648 g/mol. The van der Waals surface area contributed by atoms with Crippen LogP contribution in [0.25, 0.3) is 0 Å². The SMILES string of the molecule is O=C(NC1CCCC1)[C@H](Cc1ccccc1)N(Cc1ccccc1Cl)C(=O)CN(c1ccc(F)cc1)S(=O)(=O)c1ccccc1. The maximum atomic E-state index is 14.5. The number of halogens is 2. The van der Waals surface area contributed by atoms with Crippen molar-refractivity contribution < 1.29 is 22.4 Å². The van der Waals surface area contributed by atoms with Gasteiger partial charge in [-0.15, -0.1) is 0 Å². The molecule has 0 spiro atoms. The monoisotopic (exact) mass is 647 g/mol. The second kappa shape index (κ2) is 14.7. The van der Waals surface area contributed by atoms with Gasteiger partial charge >= 0.3 is 0 Å². The minimum absolute atomic E-state index is 0.00205. The van der Waals surface area contributed by atoms with Gasteiger partial charge in [-0.3, -0.25) is 13.9 Å². The Labute approximate surface area is 268 Å². The van der Waals surface area contributed by atoms with Gasteiger partial charge in [0.2, 0.25) is 11.8 Å². The summed E-state index contributed by atoms with van der Waals surface area (Å²) in [4.78, 5) is 29.9. The fourth-order valence-corrected chi connectivity index (χ4v) is 7.22. The maximum absolute atomic E-state index is 14.5. The molecule has 4 aromatic rings. The molecule has 7 nitrogen and oxygen atoms in total. The molecule has 0 heterocycles. The summed E-state index contributed by atoms with van der Waals surface area (Å²) in [5, 5.41) is 3.56. The van der Waals surface area contributed by atoms with Gasteiger partial charge in [0.25, 0.3) is 10.0 Å². The maximum Gasteiger partial charge on any atom is 0.264 e. The number of amides is 2. The van der Waals surface area contributed by atoms with Gasteiger partial charge in [0.1, 0.15) is 18.4 Å². The molecule has 5 rings (SSSR count). The molecular formula is C35H35ClFN3O4S. The molecular weight excluding hydrogens is 613 g/mol. The summed E-state index contributed by atoms with van der Waals surface area (Å²) in [5.41, 5.74) is 1.56. The topological polar surface area (TPSA) is 86.8 Å². The van der Waals surface area contributed by atoms with Crippen LogP contribution in [0.15, 0.2) is 114 Å². The minimum atomic E-state index is -4.26. The number of sulfonamides is 1. The molecule has 4 aromatic carbocycles. The second-order valence-corrected chi connectivity index (χ2v) is 13.4. The molecule has 1 aliphatic rings. The highest BCUT2D eigenvalue weighted by Gasteiger charge is 2.35. The number of carbonyl (C=O) groups excluding carboxylic acids is 2. The normalized spacial score (nSPS) is 14.1. The fourth-order valence-electron chi connectivity index (χ4n) is 5.59. The standard InChI is InChI=1S/C35H35ClFN3O4S/c36-32-18-10-7-13-27(32)24-39(33(23-26-11-3-1-4-12-26)35(42)38-29-14-8-9-15-29)34(41)25-40(30-21-19-28(37)20-22-30)45(43,44)31-16-5-2-6-17-31/h1-7,10-13,16-22,29,33H,8-9,14-15,23-25H2,(H,38,42)/t33-/m0/s1. The molecule has 1 N–H and O–H groups in total. The zero-order valence-electron chi connectivity index (χ0n) is 24.7. The van der Waals surface area contributed by atoms with E-state index in [1.807, 2.05) is 30.3 Å². The Morgan fingerprint density at radius 3 is 2.09 bits per heavy atom. The fraction of sp³-hybridized carbons (Fsp3) is 0.257. The third kappa shape index (κ3) is 8.09. The van der Waals surface area contributed by atoms with E-state index >= 15 is 0 Å². The summed E-state index contributed by atoms with van der Waals surface area (Å²) in [6.07, 6.45) is 3.95. The molecule has 0 radical (unpaired) electrons. The number of nitrogens with zero attached hydrogens (tertiary/aromatic N) is 2. The van der Waals surface area contributed by atoms with E-state index in [1.54, 1.807) is 42.5 Å². The molecule has 1 atom stereocenters. The van der Waals surface area contributed by atoms with Crippen molar-refractivity contribution in [2.45, 2.75) is 55.6 Å². The van der Waals surface area contributed by atoms with Gasteiger partial charge in [0.15, 0.2) is 0 Å². The van der Waals surface area contributed by atoms with Gasteiger partial charge in [0, 0.05) is 24.0 Å². The predicted molar refractivity (Wildman–Crippen MR) is 174 cm³/mol. The molecule has 1 fully saturated rings. The van der Waals surface area contributed by atoms with Gasteiger partial charge in [-0.2, -0.15) is 0 Å². The third-order valence-corrected chi connectivity index (χ3v) is 10.2. The largest absolute Gasteiger partial charge is 0.352 e. The van der Waals surface area contributed by atoms with E-state index in [9.17, 15) is 22.4 Å². The molecule has 0 aliphatic heterocycles. The Morgan fingerprint density at radius 2 is 1.44 bits per heavy atom. The smallest absolute Gasteiger partial charge is 0.264 e. The number of carbonyl (C=O) groups is 2. The van der Waals surface area contributed by atoms with E-state index < -0.39 is 34.3 Å². The highest BCUT2D eigenvalue weighted by atomic mass is 35.5. The van der Waals surface area contributed by atoms with E-state index in [0.29, 0.717) is 10.6 Å². The lowest BCUT2D eigenvalue weighted by Crippen LogP contribution is -2.54. The van der Waals surface area contributed by atoms with Crippen LogP contribution in [0.3, 0.4) is 0 Å². The van der Waals surface area contributed by atoms with Crippen LogP contribution < -0.4 is 9.62 Å². The number of rotatable bonds is 12. The molecule has 234 valence electrons. The number of benzene rings is 4. The van der Waals surface area contributed by atoms with Crippen molar-refractivity contribution in [2.24, 2.45) is 0 Å². The first-order valence-electron chi connectivity index (χ1n) is 14.9. The quantitative estimate of drug-likeness (QED) is 0.194. The molecule has 2 amide bonds. The van der Waals surface area contributed by atoms with Crippen LogP contribution in [-0.4, -0.2) is 43.8 Å². The highest BCUT2D eigenvalue weighted by Crippen LogP contribution is 2.27. The first-order valence-corrected chi connectivity index (χ1v) is 16.7. The van der Waals surface area contributed by atoms with Crippen LogP contribution in [0, 0.1) is 5.82 Å². The first-order chi connectivity index (χ1) is 21.7. The Balaban J connectivity index is 1.56. The van der Waals surface area contributed by atoms with Crippen LogP contribution in [0.2, 0.25) is 5.02 Å². The zero-order chi connectivity index (χ0) is 31.8. The molecule has 0 saturated heterocycles. The van der Waals surface area contributed by atoms with Crippen molar-refractivity contribution >= 4 is 39.1 Å². The molecule has 0 aromatic heterocycles. The van der Waals surface area contributed by atoms with E-state index in [0.717, 1.165) is 47.7 Å². The van der Waals surface area contributed by atoms with Crippen LogP contribution in [0.1, 0.15) is 36.8 Å². The number of nitrogens with one attached hydrogen (secondary N) is 1. The Morgan fingerprint density at radius 1 is 0.844 bits per heavy atom. The summed E-state index contributed by atoms with van der Waals surface area (Å²) in [5.74, 6) is -1.47. The number of hydrogen-bond donors (Lipinski definition) is 1. The van der Waals surface area contributed by atoms with Crippen LogP contribution in [0.5, 0.6) is 0 Å². The van der Waals surface area contributed by atoms with Crippen molar-refractivity contribution in [1.82, 2.24) is 10.2 Å². The summed E-state index contributed by atoms with van der Waals surface area (Å²) >= 11 is 6.54.